The van der Waals surface area contributed by atoms with Crippen LogP contribution in [0.2, 0.25) is 5.02 Å². The predicted molar refractivity (Wildman–Crippen MR) is 120 cm³/mol. The van der Waals surface area contributed by atoms with Gasteiger partial charge in [-0.15, -0.1) is 5.43 Å². The molecule has 1 atom stereocenters. The van der Waals surface area contributed by atoms with Crippen LogP contribution in [0.4, 0.5) is 14.5 Å². The third kappa shape index (κ3) is 6.40. The Hall–Kier alpha value is -0.700. The van der Waals surface area contributed by atoms with Crippen molar-refractivity contribution in [1.82, 2.24) is 9.59 Å². The molecule has 0 heterocycles. The summed E-state index contributed by atoms with van der Waals surface area (Å²) in [4.78, 5) is 0. The number of quaternary nitrogens is 1. The molecule has 0 aromatic heterocycles. The molecule has 0 saturated carbocycles. The minimum atomic E-state index is -3.19. The minimum Gasteiger partial charge on any atom is -0.200 e. The summed E-state index contributed by atoms with van der Waals surface area (Å²) >= 11 is 13.8. The van der Waals surface area contributed by atoms with Gasteiger partial charge in [0.1, 0.15) is 24.4 Å². The number of benzene rings is 2. The Kier molecular flexibility index (Phi) is 9.86. The van der Waals surface area contributed by atoms with Crippen molar-refractivity contribution in [3.05, 3.63) is 62.6 Å². The molecular formula is C20H27BrClF2N2OS+. The molecule has 1 unspecified atom stereocenters. The maximum Gasteiger partial charge on any atom is 0.290 e. The Morgan fingerprint density at radius 2 is 1.86 bits per heavy atom. The molecule has 0 amide bonds. The number of rotatable bonds is 7. The highest BCUT2D eigenvalue weighted by molar-refractivity contribution is 9.10. The molecule has 0 fully saturated rings. The number of alkyl halides is 2. The maximum atomic E-state index is 14.6. The lowest BCUT2D eigenvalue weighted by Crippen LogP contribution is -2.53. The van der Waals surface area contributed by atoms with E-state index < -0.39 is 16.6 Å². The van der Waals surface area contributed by atoms with E-state index in [1.807, 2.05) is 20.8 Å². The molecular weight excluding hydrogens is 470 g/mol. The topological polar surface area (TPSA) is 32.3 Å². The van der Waals surface area contributed by atoms with Gasteiger partial charge >= 0.3 is 0 Å². The lowest BCUT2D eigenvalue weighted by Gasteiger charge is -2.28. The molecule has 0 aliphatic heterocycles. The second kappa shape index (κ2) is 10.9. The Bertz CT molecular complexity index is 791. The standard InChI is InChI=1S/C18H21BrClF2N2OS.C2H6/c1-3-6-13-9-14(19)10-16(20)17(13)24(25,26)23-11-18(21,22)15-8-5-4-7-12(15)2;1-2/h4-5,7-10,23,25-26H,3,6,11H2,1-2H3;1-2H3/q+1;. The van der Waals surface area contributed by atoms with Gasteiger partial charge in [0.15, 0.2) is 0 Å². The van der Waals surface area contributed by atoms with Gasteiger partial charge in [0.05, 0.1) is 0 Å². The van der Waals surface area contributed by atoms with Gasteiger partial charge < -0.3 is 0 Å². The van der Waals surface area contributed by atoms with Crippen LogP contribution in [-0.4, -0.2) is 11.8 Å². The first-order valence-electron chi connectivity index (χ1n) is 9.10. The number of thiol groups is 1. The molecule has 2 aromatic rings. The SMILES string of the molecule is CC.CCCc1cc(Br)cc(Cl)c1[N+](O)(S)NCC(F)(F)c1ccccc1C. The van der Waals surface area contributed by atoms with Crippen molar-refractivity contribution in [3.63, 3.8) is 0 Å². The molecule has 2 rings (SSSR count). The third-order valence-electron chi connectivity index (χ3n) is 4.00. The van der Waals surface area contributed by atoms with Crippen LogP contribution in [0.1, 0.15) is 43.9 Å². The molecule has 0 aliphatic carbocycles. The lowest BCUT2D eigenvalue weighted by atomic mass is 10.0. The zero-order valence-corrected chi connectivity index (χ0v) is 19.7. The Balaban J connectivity index is 0.00000190. The number of nitrogens with zero attached hydrogens (tertiary/aromatic N) is 1. The van der Waals surface area contributed by atoms with Crippen molar-refractivity contribution in [3.8, 4) is 0 Å². The van der Waals surface area contributed by atoms with E-state index in [2.05, 4.69) is 34.2 Å². The molecule has 0 saturated heterocycles. The van der Waals surface area contributed by atoms with Gasteiger partial charge in [0.25, 0.3) is 5.92 Å². The fourth-order valence-electron chi connectivity index (χ4n) is 2.80. The molecule has 0 bridgehead atoms. The van der Waals surface area contributed by atoms with E-state index in [-0.39, 0.29) is 16.3 Å². The van der Waals surface area contributed by atoms with Crippen LogP contribution in [0, 0.1) is 6.92 Å². The summed E-state index contributed by atoms with van der Waals surface area (Å²) < 4.78 is 28.7. The first-order chi connectivity index (χ1) is 13.1. The summed E-state index contributed by atoms with van der Waals surface area (Å²) in [5.74, 6) is -3.19. The molecule has 2 N–H and O–H groups in total. The van der Waals surface area contributed by atoms with Gasteiger partial charge in [0.2, 0.25) is 5.69 Å². The summed E-state index contributed by atoms with van der Waals surface area (Å²) in [5.41, 5.74) is 3.74. The number of nitrogens with one attached hydrogen (secondary N) is 1. The Morgan fingerprint density at radius 3 is 2.43 bits per heavy atom. The third-order valence-corrected chi connectivity index (χ3v) is 5.09. The molecule has 3 nitrogen and oxygen atoms in total. The van der Waals surface area contributed by atoms with Crippen LogP contribution < -0.4 is 9.59 Å². The van der Waals surface area contributed by atoms with E-state index in [0.29, 0.717) is 12.0 Å². The summed E-state index contributed by atoms with van der Waals surface area (Å²) in [6.45, 7) is 6.79. The first-order valence-corrected chi connectivity index (χ1v) is 10.7. The van der Waals surface area contributed by atoms with Gasteiger partial charge in [-0.05, 0) is 35.2 Å². The van der Waals surface area contributed by atoms with Gasteiger partial charge in [-0.2, -0.15) is 14.0 Å². The number of hydrogen-bond donors (Lipinski definition) is 3. The van der Waals surface area contributed by atoms with Crippen LogP contribution in [0.15, 0.2) is 40.9 Å². The highest BCUT2D eigenvalue weighted by Crippen LogP contribution is 2.38. The van der Waals surface area contributed by atoms with E-state index in [4.69, 9.17) is 11.6 Å². The molecule has 0 aliphatic rings. The van der Waals surface area contributed by atoms with Gasteiger partial charge in [0, 0.05) is 15.6 Å². The van der Waals surface area contributed by atoms with E-state index in [0.717, 1.165) is 16.5 Å². The highest BCUT2D eigenvalue weighted by Gasteiger charge is 2.39. The predicted octanol–water partition coefficient (Wildman–Crippen LogP) is 7.23. The smallest absolute Gasteiger partial charge is 0.200 e. The highest BCUT2D eigenvalue weighted by atomic mass is 79.9. The van der Waals surface area contributed by atoms with Gasteiger partial charge in [-0.25, -0.2) is 0 Å². The monoisotopic (exact) mass is 495 g/mol. The molecule has 8 heteroatoms. The quantitative estimate of drug-likeness (QED) is 0.215. The zero-order valence-electron chi connectivity index (χ0n) is 16.4. The molecule has 0 radical (unpaired) electrons. The average Bonchev–Trinajstić information content (AvgIpc) is 2.61. The van der Waals surface area contributed by atoms with Crippen molar-refractivity contribution in [2.24, 2.45) is 0 Å². The van der Waals surface area contributed by atoms with E-state index >= 15 is 0 Å². The van der Waals surface area contributed by atoms with Crippen LogP contribution >= 0.6 is 40.3 Å². The second-order valence-corrected chi connectivity index (χ2v) is 8.00. The van der Waals surface area contributed by atoms with Crippen LogP contribution in [0.5, 0.6) is 0 Å². The number of halogens is 4. The van der Waals surface area contributed by atoms with Crippen LogP contribution in [-0.2, 0) is 12.3 Å². The van der Waals surface area contributed by atoms with Crippen molar-refractivity contribution in [2.75, 3.05) is 6.54 Å². The number of hydrogen-bond acceptors (Lipinski definition) is 3. The molecule has 2 aromatic carbocycles. The lowest BCUT2D eigenvalue weighted by molar-refractivity contribution is -0.0717. The fraction of sp³-hybridized carbons (Fsp3) is 0.400. The van der Waals surface area contributed by atoms with Crippen molar-refractivity contribution in [2.45, 2.75) is 46.5 Å². The normalized spacial score (nSPS) is 13.5. The average molecular weight is 497 g/mol. The van der Waals surface area contributed by atoms with Crippen LogP contribution in [0.25, 0.3) is 0 Å². The second-order valence-electron chi connectivity index (χ2n) is 6.10. The molecule has 28 heavy (non-hydrogen) atoms. The zero-order chi connectivity index (χ0) is 21.5. The maximum absolute atomic E-state index is 14.6. The van der Waals surface area contributed by atoms with E-state index in [1.54, 1.807) is 37.3 Å². The van der Waals surface area contributed by atoms with E-state index in [9.17, 15) is 14.0 Å². The number of aryl methyl sites for hydroxylation is 2. The van der Waals surface area contributed by atoms with Crippen LogP contribution in [0.3, 0.4) is 0 Å². The first kappa shape index (κ1) is 25.3. The van der Waals surface area contributed by atoms with Crippen molar-refractivity contribution >= 4 is 46.0 Å². The van der Waals surface area contributed by atoms with E-state index in [1.165, 1.54) is 6.07 Å². The summed E-state index contributed by atoms with van der Waals surface area (Å²) in [6, 6.07) is 9.64. The molecule has 156 valence electrons. The largest absolute Gasteiger partial charge is 0.290 e. The Morgan fingerprint density at radius 1 is 1.25 bits per heavy atom. The van der Waals surface area contributed by atoms with Crippen molar-refractivity contribution in [1.29, 1.82) is 0 Å². The van der Waals surface area contributed by atoms with Gasteiger partial charge in [-0.3, -0.25) is 0 Å². The Labute approximate surface area is 184 Å². The summed E-state index contributed by atoms with van der Waals surface area (Å²) in [7, 11) is 0. The van der Waals surface area contributed by atoms with Crippen molar-refractivity contribution < 1.29 is 14.0 Å². The fourth-order valence-corrected chi connectivity index (χ4v) is 4.16. The summed E-state index contributed by atoms with van der Waals surface area (Å²) in [6.07, 6.45) is 1.42. The van der Waals surface area contributed by atoms with Gasteiger partial charge in [-0.1, -0.05) is 79.0 Å². The molecule has 0 spiro atoms. The minimum absolute atomic E-state index is 0.100. The summed E-state index contributed by atoms with van der Waals surface area (Å²) in [5, 5.41) is 10.9.